The maximum atomic E-state index is 13.4. The molecule has 0 aliphatic carbocycles. The summed E-state index contributed by atoms with van der Waals surface area (Å²) in [5, 5.41) is 2.72. The van der Waals surface area contributed by atoms with E-state index in [1.807, 2.05) is 60.7 Å². The molecule has 0 bridgehead atoms. The minimum Gasteiger partial charge on any atom is -0.322 e. The number of anilines is 1. The van der Waals surface area contributed by atoms with Crippen LogP contribution >= 0.6 is 0 Å². The van der Waals surface area contributed by atoms with Gasteiger partial charge in [0.1, 0.15) is 5.82 Å². The number of rotatable bonds is 4. The molecule has 0 saturated heterocycles. The molecule has 4 nitrogen and oxygen atoms in total. The lowest BCUT2D eigenvalue weighted by molar-refractivity contribution is 0.102. The number of carbonyl (C=O) groups excluding carboxylic acids is 1. The Morgan fingerprint density at radius 2 is 1.28 bits per heavy atom. The Bertz CT molecular complexity index is 1420. The van der Waals surface area contributed by atoms with E-state index < -0.39 is 5.82 Å². The van der Waals surface area contributed by atoms with E-state index in [0.29, 0.717) is 22.3 Å². The molecule has 0 atom stereocenters. The van der Waals surface area contributed by atoms with Gasteiger partial charge in [-0.3, -0.25) is 4.79 Å². The summed E-state index contributed by atoms with van der Waals surface area (Å²) in [6, 6.07) is 30.7. The van der Waals surface area contributed by atoms with E-state index in [0.717, 1.165) is 22.5 Å². The molecule has 5 heteroatoms. The highest BCUT2D eigenvalue weighted by Gasteiger charge is 2.15. The molecule has 0 fully saturated rings. The van der Waals surface area contributed by atoms with E-state index in [1.165, 1.54) is 12.1 Å². The molecule has 1 N–H and O–H groups in total. The van der Waals surface area contributed by atoms with Crippen molar-refractivity contribution in [1.29, 1.82) is 0 Å². The van der Waals surface area contributed by atoms with Crippen molar-refractivity contribution >= 4 is 22.6 Å². The third-order valence-electron chi connectivity index (χ3n) is 5.10. The predicted octanol–water partition coefficient (Wildman–Crippen LogP) is 6.36. The number of nitrogens with one attached hydrogen (secondary N) is 1. The summed E-state index contributed by atoms with van der Waals surface area (Å²) in [7, 11) is 0. The van der Waals surface area contributed by atoms with Crippen molar-refractivity contribution in [2.24, 2.45) is 0 Å². The molecule has 0 spiro atoms. The fraction of sp³-hybridized carbons (Fsp3) is 0. The molecule has 32 heavy (non-hydrogen) atoms. The second kappa shape index (κ2) is 8.40. The van der Waals surface area contributed by atoms with Crippen LogP contribution in [0.4, 0.5) is 10.1 Å². The molecular formula is C27H18FN3O. The summed E-state index contributed by atoms with van der Waals surface area (Å²) < 4.78 is 13.4. The first-order chi connectivity index (χ1) is 15.7. The van der Waals surface area contributed by atoms with Crippen LogP contribution in [-0.2, 0) is 0 Å². The lowest BCUT2D eigenvalue weighted by Gasteiger charge is -2.11. The highest BCUT2D eigenvalue weighted by molar-refractivity contribution is 6.06. The van der Waals surface area contributed by atoms with Crippen LogP contribution in [0.3, 0.4) is 0 Å². The maximum Gasteiger partial charge on any atom is 0.255 e. The summed E-state index contributed by atoms with van der Waals surface area (Å²) in [6.45, 7) is 0. The highest BCUT2D eigenvalue weighted by Crippen LogP contribution is 2.31. The first kappa shape index (κ1) is 19.6. The molecule has 5 rings (SSSR count). The van der Waals surface area contributed by atoms with Gasteiger partial charge in [0.25, 0.3) is 5.91 Å². The van der Waals surface area contributed by atoms with Gasteiger partial charge in [-0.15, -0.1) is 0 Å². The number of aromatic nitrogens is 2. The Morgan fingerprint density at radius 1 is 0.656 bits per heavy atom. The average molecular weight is 419 g/mol. The van der Waals surface area contributed by atoms with Gasteiger partial charge in [-0.25, -0.2) is 14.4 Å². The summed E-state index contributed by atoms with van der Waals surface area (Å²) in [4.78, 5) is 22.5. The smallest absolute Gasteiger partial charge is 0.255 e. The average Bonchev–Trinajstić information content (AvgIpc) is 2.84. The predicted molar refractivity (Wildman–Crippen MR) is 125 cm³/mol. The molecule has 1 aromatic heterocycles. The minimum atomic E-state index is -0.409. The van der Waals surface area contributed by atoms with Crippen molar-refractivity contribution < 1.29 is 9.18 Å². The summed E-state index contributed by atoms with van der Waals surface area (Å²) >= 11 is 0. The van der Waals surface area contributed by atoms with Crippen molar-refractivity contribution in [2.75, 3.05) is 5.32 Å². The number of hydrogen-bond acceptors (Lipinski definition) is 3. The number of benzene rings is 4. The van der Waals surface area contributed by atoms with E-state index in [1.54, 1.807) is 30.3 Å². The van der Waals surface area contributed by atoms with Gasteiger partial charge in [-0.2, -0.15) is 0 Å². The van der Waals surface area contributed by atoms with Crippen molar-refractivity contribution in [3.8, 4) is 22.5 Å². The van der Waals surface area contributed by atoms with Gasteiger partial charge in [-0.05, 0) is 36.4 Å². The first-order valence-electron chi connectivity index (χ1n) is 10.2. The van der Waals surface area contributed by atoms with Crippen LogP contribution in [-0.4, -0.2) is 15.9 Å². The zero-order valence-corrected chi connectivity index (χ0v) is 17.0. The number of fused-ring (bicyclic) bond motifs is 1. The summed E-state index contributed by atoms with van der Waals surface area (Å²) in [5.74, 6) is -0.749. The van der Waals surface area contributed by atoms with E-state index in [9.17, 15) is 9.18 Å². The number of hydrogen-bond donors (Lipinski definition) is 1. The van der Waals surface area contributed by atoms with Gasteiger partial charge in [0, 0.05) is 22.4 Å². The van der Waals surface area contributed by atoms with Crippen LogP contribution in [0.2, 0.25) is 0 Å². The van der Waals surface area contributed by atoms with Crippen LogP contribution in [0, 0.1) is 5.82 Å². The number of amides is 1. The number of nitrogens with zero attached hydrogens (tertiary/aromatic N) is 2. The van der Waals surface area contributed by atoms with Gasteiger partial charge < -0.3 is 5.32 Å². The molecule has 154 valence electrons. The number of carbonyl (C=O) groups is 1. The minimum absolute atomic E-state index is 0.340. The highest BCUT2D eigenvalue weighted by atomic mass is 19.1. The molecule has 4 aromatic carbocycles. The fourth-order valence-electron chi connectivity index (χ4n) is 3.56. The topological polar surface area (TPSA) is 54.9 Å². The lowest BCUT2D eigenvalue weighted by atomic mass is 10.0. The SMILES string of the molecule is O=C(Nc1cccc(F)c1)c1ccc2nc(-c3ccccc3)c(-c3ccccc3)nc2c1. The molecule has 0 unspecified atom stereocenters. The Morgan fingerprint density at radius 3 is 1.91 bits per heavy atom. The van der Waals surface area contributed by atoms with Crippen LogP contribution < -0.4 is 5.32 Å². The van der Waals surface area contributed by atoms with Crippen LogP contribution in [0.1, 0.15) is 10.4 Å². The van der Waals surface area contributed by atoms with Crippen LogP contribution in [0.15, 0.2) is 103 Å². The van der Waals surface area contributed by atoms with Gasteiger partial charge in [-0.1, -0.05) is 66.7 Å². The molecule has 0 aliphatic rings. The van der Waals surface area contributed by atoms with Gasteiger partial charge in [0.2, 0.25) is 0 Å². The zero-order chi connectivity index (χ0) is 21.9. The Hall–Kier alpha value is -4.38. The van der Waals surface area contributed by atoms with Gasteiger partial charge in [0.15, 0.2) is 0 Å². The Labute approximate surface area is 184 Å². The fourth-order valence-corrected chi connectivity index (χ4v) is 3.56. The molecule has 0 aliphatic heterocycles. The molecule has 1 amide bonds. The second-order valence-electron chi connectivity index (χ2n) is 7.32. The third kappa shape index (κ3) is 3.96. The Kier molecular flexibility index (Phi) is 5.14. The Balaban J connectivity index is 1.59. The molecule has 0 saturated carbocycles. The maximum absolute atomic E-state index is 13.4. The third-order valence-corrected chi connectivity index (χ3v) is 5.10. The zero-order valence-electron chi connectivity index (χ0n) is 17.0. The van der Waals surface area contributed by atoms with Gasteiger partial charge in [0.05, 0.1) is 22.4 Å². The van der Waals surface area contributed by atoms with E-state index >= 15 is 0 Å². The first-order valence-corrected chi connectivity index (χ1v) is 10.2. The van der Waals surface area contributed by atoms with Crippen molar-refractivity contribution in [1.82, 2.24) is 9.97 Å². The molecular weight excluding hydrogens is 401 g/mol. The van der Waals surface area contributed by atoms with Crippen molar-refractivity contribution in [3.05, 3.63) is 115 Å². The molecule has 1 heterocycles. The summed E-state index contributed by atoms with van der Waals surface area (Å²) in [5.41, 5.74) is 5.53. The van der Waals surface area contributed by atoms with Crippen LogP contribution in [0.5, 0.6) is 0 Å². The number of halogens is 1. The summed E-state index contributed by atoms with van der Waals surface area (Å²) in [6.07, 6.45) is 0. The lowest BCUT2D eigenvalue weighted by Crippen LogP contribution is -2.12. The second-order valence-corrected chi connectivity index (χ2v) is 7.32. The normalized spacial score (nSPS) is 10.8. The monoisotopic (exact) mass is 419 g/mol. The van der Waals surface area contributed by atoms with Crippen LogP contribution in [0.25, 0.3) is 33.5 Å². The molecule has 0 radical (unpaired) electrons. The van der Waals surface area contributed by atoms with Crippen molar-refractivity contribution in [3.63, 3.8) is 0 Å². The largest absolute Gasteiger partial charge is 0.322 e. The van der Waals surface area contributed by atoms with E-state index in [4.69, 9.17) is 9.97 Å². The van der Waals surface area contributed by atoms with E-state index in [2.05, 4.69) is 5.32 Å². The van der Waals surface area contributed by atoms with Crippen molar-refractivity contribution in [2.45, 2.75) is 0 Å². The van der Waals surface area contributed by atoms with Gasteiger partial charge >= 0.3 is 0 Å². The molecule has 5 aromatic rings. The quantitative estimate of drug-likeness (QED) is 0.369. The standard InChI is InChI=1S/C27H18FN3O/c28-21-12-7-13-22(17-21)29-27(32)20-14-15-23-24(16-20)31-26(19-10-5-2-6-11-19)25(30-23)18-8-3-1-4-9-18/h1-17H,(H,29,32). The van der Waals surface area contributed by atoms with E-state index in [-0.39, 0.29) is 5.91 Å².